The van der Waals surface area contributed by atoms with Crippen molar-refractivity contribution in [2.24, 2.45) is 0 Å². The Hall–Kier alpha value is -1.55. The summed E-state index contributed by atoms with van der Waals surface area (Å²) in [6.07, 6.45) is 2.72. The number of methoxy groups -OCH3 is 1. The number of hydrogen-bond acceptors (Lipinski definition) is 3. The van der Waals surface area contributed by atoms with Gasteiger partial charge in [0.05, 0.1) is 12.8 Å². The number of ether oxygens (including phenoxy) is 1. The van der Waals surface area contributed by atoms with E-state index < -0.39 is 0 Å². The minimum Gasteiger partial charge on any atom is -0.497 e. The van der Waals surface area contributed by atoms with Crippen molar-refractivity contribution in [3.8, 4) is 5.75 Å². The molecule has 100 valence electrons. The summed E-state index contributed by atoms with van der Waals surface area (Å²) in [5, 5.41) is 3.45. The predicted molar refractivity (Wildman–Crippen MR) is 81.7 cm³/mol. The molecule has 19 heavy (non-hydrogen) atoms. The first kappa shape index (κ1) is 13.9. The predicted octanol–water partition coefficient (Wildman–Crippen LogP) is 3.90. The highest BCUT2D eigenvalue weighted by molar-refractivity contribution is 9.10. The first-order chi connectivity index (χ1) is 9.19. The molecule has 1 unspecified atom stereocenters. The summed E-state index contributed by atoms with van der Waals surface area (Å²) in [6, 6.07) is 12.4. The molecule has 0 amide bonds. The molecular weight excluding hydrogens is 304 g/mol. The number of halogens is 1. The zero-order valence-corrected chi connectivity index (χ0v) is 12.6. The van der Waals surface area contributed by atoms with Gasteiger partial charge in [0.2, 0.25) is 0 Å². The van der Waals surface area contributed by atoms with Crippen LogP contribution < -0.4 is 10.1 Å². The summed E-state index contributed by atoms with van der Waals surface area (Å²) in [6.45, 7) is 2.16. The van der Waals surface area contributed by atoms with Gasteiger partial charge >= 0.3 is 0 Å². The van der Waals surface area contributed by atoms with Crippen LogP contribution in [0.1, 0.15) is 12.5 Å². The molecule has 0 saturated heterocycles. The van der Waals surface area contributed by atoms with Crippen LogP contribution >= 0.6 is 15.9 Å². The Kier molecular flexibility index (Phi) is 4.80. The van der Waals surface area contributed by atoms with Crippen molar-refractivity contribution in [3.05, 3.63) is 52.8 Å². The molecule has 1 heterocycles. The topological polar surface area (TPSA) is 34.1 Å². The SMILES string of the molecule is COc1ccc(CC(C)Nc2cccnc2Br)cc1. The minimum absolute atomic E-state index is 0.328. The summed E-state index contributed by atoms with van der Waals surface area (Å²) >= 11 is 3.44. The quantitative estimate of drug-likeness (QED) is 0.848. The molecule has 0 saturated carbocycles. The molecule has 4 heteroatoms. The Balaban J connectivity index is 1.97. The van der Waals surface area contributed by atoms with E-state index >= 15 is 0 Å². The number of benzene rings is 1. The van der Waals surface area contributed by atoms with E-state index in [0.29, 0.717) is 6.04 Å². The summed E-state index contributed by atoms with van der Waals surface area (Å²) < 4.78 is 6.00. The molecule has 0 aliphatic heterocycles. The highest BCUT2D eigenvalue weighted by Gasteiger charge is 2.06. The normalized spacial score (nSPS) is 11.9. The number of rotatable bonds is 5. The summed E-state index contributed by atoms with van der Waals surface area (Å²) in [7, 11) is 1.68. The fourth-order valence-electron chi connectivity index (χ4n) is 1.93. The molecule has 0 aliphatic carbocycles. The van der Waals surface area contributed by atoms with E-state index in [1.165, 1.54) is 5.56 Å². The van der Waals surface area contributed by atoms with Gasteiger partial charge in [-0.1, -0.05) is 12.1 Å². The van der Waals surface area contributed by atoms with Crippen molar-refractivity contribution < 1.29 is 4.74 Å². The molecule has 2 rings (SSSR count). The van der Waals surface area contributed by atoms with Crippen LogP contribution in [0.5, 0.6) is 5.75 Å². The van der Waals surface area contributed by atoms with Crippen molar-refractivity contribution in [2.75, 3.05) is 12.4 Å². The highest BCUT2D eigenvalue weighted by atomic mass is 79.9. The number of nitrogens with zero attached hydrogens (tertiary/aromatic N) is 1. The standard InChI is InChI=1S/C15H17BrN2O/c1-11(18-14-4-3-9-17-15(14)16)10-12-5-7-13(19-2)8-6-12/h3-9,11,18H,10H2,1-2H3. The number of pyridine rings is 1. The van der Waals surface area contributed by atoms with Crippen LogP contribution in [0.25, 0.3) is 0 Å². The lowest BCUT2D eigenvalue weighted by Crippen LogP contribution is -2.18. The summed E-state index contributed by atoms with van der Waals surface area (Å²) in [5.74, 6) is 0.888. The van der Waals surface area contributed by atoms with Crippen LogP contribution in [0.3, 0.4) is 0 Å². The number of nitrogens with one attached hydrogen (secondary N) is 1. The van der Waals surface area contributed by atoms with Crippen LogP contribution in [-0.2, 0) is 6.42 Å². The Morgan fingerprint density at radius 3 is 2.63 bits per heavy atom. The van der Waals surface area contributed by atoms with E-state index in [2.05, 4.69) is 45.3 Å². The van der Waals surface area contributed by atoms with Gasteiger partial charge in [0.25, 0.3) is 0 Å². The Labute approximate surface area is 122 Å². The van der Waals surface area contributed by atoms with Crippen molar-refractivity contribution >= 4 is 21.6 Å². The van der Waals surface area contributed by atoms with Crippen molar-refractivity contribution in [2.45, 2.75) is 19.4 Å². The summed E-state index contributed by atoms with van der Waals surface area (Å²) in [5.41, 5.74) is 2.30. The lowest BCUT2D eigenvalue weighted by atomic mass is 10.1. The largest absolute Gasteiger partial charge is 0.497 e. The first-order valence-electron chi connectivity index (χ1n) is 6.19. The average molecular weight is 321 g/mol. The molecule has 2 aromatic rings. The molecule has 1 aromatic carbocycles. The van der Waals surface area contributed by atoms with Crippen LogP contribution in [0, 0.1) is 0 Å². The average Bonchev–Trinajstić information content (AvgIpc) is 2.42. The Morgan fingerprint density at radius 1 is 1.26 bits per heavy atom. The van der Waals surface area contributed by atoms with Gasteiger partial charge in [-0.2, -0.15) is 0 Å². The van der Waals surface area contributed by atoms with Gasteiger partial charge in [-0.05, 0) is 59.1 Å². The number of hydrogen-bond donors (Lipinski definition) is 1. The fourth-order valence-corrected chi connectivity index (χ4v) is 2.29. The monoisotopic (exact) mass is 320 g/mol. The molecule has 3 nitrogen and oxygen atoms in total. The molecule has 0 fully saturated rings. The molecule has 0 radical (unpaired) electrons. The van der Waals surface area contributed by atoms with Gasteiger partial charge in [0.15, 0.2) is 0 Å². The highest BCUT2D eigenvalue weighted by Crippen LogP contribution is 2.20. The van der Waals surface area contributed by atoms with Crippen LogP contribution in [0.15, 0.2) is 47.2 Å². The maximum absolute atomic E-state index is 5.16. The molecule has 1 N–H and O–H groups in total. The fraction of sp³-hybridized carbons (Fsp3) is 0.267. The summed E-state index contributed by atoms with van der Waals surface area (Å²) in [4.78, 5) is 4.20. The lowest BCUT2D eigenvalue weighted by molar-refractivity contribution is 0.414. The van der Waals surface area contributed by atoms with E-state index in [1.807, 2.05) is 24.3 Å². The van der Waals surface area contributed by atoms with Gasteiger partial charge in [0.1, 0.15) is 10.4 Å². The van der Waals surface area contributed by atoms with Crippen LogP contribution in [-0.4, -0.2) is 18.1 Å². The zero-order valence-electron chi connectivity index (χ0n) is 11.1. The Morgan fingerprint density at radius 2 is 2.00 bits per heavy atom. The van der Waals surface area contributed by atoms with E-state index in [1.54, 1.807) is 13.3 Å². The van der Waals surface area contributed by atoms with E-state index in [9.17, 15) is 0 Å². The molecule has 0 aliphatic rings. The molecule has 0 spiro atoms. The van der Waals surface area contributed by atoms with Crippen molar-refractivity contribution in [1.29, 1.82) is 0 Å². The van der Waals surface area contributed by atoms with Gasteiger partial charge in [-0.25, -0.2) is 4.98 Å². The number of aromatic nitrogens is 1. The lowest BCUT2D eigenvalue weighted by Gasteiger charge is -2.16. The third-order valence-corrected chi connectivity index (χ3v) is 3.49. The van der Waals surface area contributed by atoms with E-state index in [0.717, 1.165) is 22.5 Å². The van der Waals surface area contributed by atoms with Crippen molar-refractivity contribution in [3.63, 3.8) is 0 Å². The third kappa shape index (κ3) is 3.96. The van der Waals surface area contributed by atoms with Crippen LogP contribution in [0.2, 0.25) is 0 Å². The number of anilines is 1. The second-order valence-electron chi connectivity index (χ2n) is 4.44. The van der Waals surface area contributed by atoms with E-state index in [4.69, 9.17) is 4.74 Å². The maximum atomic E-state index is 5.16. The maximum Gasteiger partial charge on any atom is 0.129 e. The molecule has 0 bridgehead atoms. The van der Waals surface area contributed by atoms with E-state index in [-0.39, 0.29) is 0 Å². The van der Waals surface area contributed by atoms with Gasteiger partial charge < -0.3 is 10.1 Å². The van der Waals surface area contributed by atoms with Gasteiger partial charge in [0, 0.05) is 12.2 Å². The van der Waals surface area contributed by atoms with Crippen LogP contribution in [0.4, 0.5) is 5.69 Å². The third-order valence-electron chi connectivity index (χ3n) is 2.86. The van der Waals surface area contributed by atoms with Gasteiger partial charge in [-0.3, -0.25) is 0 Å². The minimum atomic E-state index is 0.328. The molecular formula is C15H17BrN2O. The zero-order chi connectivity index (χ0) is 13.7. The van der Waals surface area contributed by atoms with Gasteiger partial charge in [-0.15, -0.1) is 0 Å². The second kappa shape index (κ2) is 6.57. The molecule has 1 aromatic heterocycles. The second-order valence-corrected chi connectivity index (χ2v) is 5.19. The smallest absolute Gasteiger partial charge is 0.129 e. The van der Waals surface area contributed by atoms with Crippen molar-refractivity contribution in [1.82, 2.24) is 4.98 Å². The first-order valence-corrected chi connectivity index (χ1v) is 6.98. The molecule has 1 atom stereocenters. The Bertz CT molecular complexity index is 528.